The SMILES string of the molecule is Fc1ccc(C(F)(F)F)c(CCl)c1Cl. The summed E-state index contributed by atoms with van der Waals surface area (Å²) in [5.41, 5.74) is -1.43. The number of halogens is 6. The normalized spacial score (nSPS) is 11.9. The van der Waals surface area contributed by atoms with Gasteiger partial charge in [0.2, 0.25) is 0 Å². The average Bonchev–Trinajstić information content (AvgIpc) is 2.07. The first kappa shape index (κ1) is 11.6. The Balaban J connectivity index is 3.39. The maximum absolute atomic E-state index is 12.8. The molecule has 0 N–H and O–H groups in total. The van der Waals surface area contributed by atoms with Crippen LogP contribution in [0.4, 0.5) is 17.6 Å². The minimum Gasteiger partial charge on any atom is -0.205 e. The first-order chi connectivity index (χ1) is 6.38. The Kier molecular flexibility index (Phi) is 3.27. The average molecular weight is 247 g/mol. The zero-order chi connectivity index (χ0) is 10.9. The molecule has 0 bridgehead atoms. The van der Waals surface area contributed by atoms with E-state index in [0.717, 1.165) is 0 Å². The van der Waals surface area contributed by atoms with Crippen molar-refractivity contribution in [3.8, 4) is 0 Å². The highest BCUT2D eigenvalue weighted by Crippen LogP contribution is 2.36. The van der Waals surface area contributed by atoms with Crippen LogP contribution in [0.2, 0.25) is 5.02 Å². The summed E-state index contributed by atoms with van der Waals surface area (Å²) in [5, 5.41) is -0.574. The lowest BCUT2D eigenvalue weighted by Gasteiger charge is -2.12. The molecule has 0 aromatic heterocycles. The lowest BCUT2D eigenvalue weighted by Crippen LogP contribution is -2.09. The fraction of sp³-hybridized carbons (Fsp3) is 0.250. The molecule has 1 aromatic rings. The molecule has 0 atom stereocenters. The van der Waals surface area contributed by atoms with Gasteiger partial charge in [0.05, 0.1) is 10.6 Å². The topological polar surface area (TPSA) is 0 Å². The smallest absolute Gasteiger partial charge is 0.205 e. The molecule has 0 nitrogen and oxygen atoms in total. The zero-order valence-electron chi connectivity index (χ0n) is 6.63. The van der Waals surface area contributed by atoms with E-state index in [9.17, 15) is 17.6 Å². The second-order valence-corrected chi connectivity index (χ2v) is 3.16. The maximum Gasteiger partial charge on any atom is 0.416 e. The van der Waals surface area contributed by atoms with E-state index >= 15 is 0 Å². The van der Waals surface area contributed by atoms with Crippen LogP contribution in [0.25, 0.3) is 0 Å². The van der Waals surface area contributed by atoms with Crippen molar-refractivity contribution >= 4 is 23.2 Å². The molecule has 0 spiro atoms. The highest BCUT2D eigenvalue weighted by Gasteiger charge is 2.34. The number of rotatable bonds is 1. The van der Waals surface area contributed by atoms with Crippen molar-refractivity contribution in [2.24, 2.45) is 0 Å². The molecular weight excluding hydrogens is 243 g/mol. The third kappa shape index (κ3) is 2.12. The highest BCUT2D eigenvalue weighted by atomic mass is 35.5. The summed E-state index contributed by atoms with van der Waals surface area (Å²) in [6.45, 7) is 0. The van der Waals surface area contributed by atoms with Crippen LogP contribution in [0.3, 0.4) is 0 Å². The Hall–Kier alpha value is -0.480. The summed E-state index contributed by atoms with van der Waals surface area (Å²) in [6.07, 6.45) is -4.57. The Morgan fingerprint density at radius 1 is 1.21 bits per heavy atom. The van der Waals surface area contributed by atoms with E-state index in [1.807, 2.05) is 0 Å². The van der Waals surface area contributed by atoms with Crippen LogP contribution in [0.5, 0.6) is 0 Å². The van der Waals surface area contributed by atoms with E-state index in [2.05, 4.69) is 0 Å². The van der Waals surface area contributed by atoms with Gasteiger partial charge in [-0.1, -0.05) is 11.6 Å². The molecule has 0 aliphatic heterocycles. The zero-order valence-corrected chi connectivity index (χ0v) is 8.14. The second-order valence-electron chi connectivity index (χ2n) is 2.52. The van der Waals surface area contributed by atoms with E-state index in [0.29, 0.717) is 12.1 Å². The molecule has 78 valence electrons. The van der Waals surface area contributed by atoms with Crippen molar-refractivity contribution in [1.82, 2.24) is 0 Å². The second kappa shape index (κ2) is 3.95. The van der Waals surface area contributed by atoms with Gasteiger partial charge in [-0.3, -0.25) is 0 Å². The summed E-state index contributed by atoms with van der Waals surface area (Å²) >= 11 is 10.6. The number of hydrogen-bond donors (Lipinski definition) is 0. The van der Waals surface area contributed by atoms with Crippen molar-refractivity contribution in [3.63, 3.8) is 0 Å². The van der Waals surface area contributed by atoms with Crippen molar-refractivity contribution in [1.29, 1.82) is 0 Å². The van der Waals surface area contributed by atoms with E-state index < -0.39 is 34.0 Å². The van der Waals surface area contributed by atoms with Crippen LogP contribution in [-0.2, 0) is 12.1 Å². The molecule has 0 aliphatic rings. The molecule has 0 fully saturated rings. The lowest BCUT2D eigenvalue weighted by atomic mass is 10.1. The predicted molar refractivity (Wildman–Crippen MR) is 46.0 cm³/mol. The fourth-order valence-corrected chi connectivity index (χ4v) is 1.57. The number of alkyl halides is 4. The minimum absolute atomic E-state index is 0.430. The summed E-state index contributed by atoms with van der Waals surface area (Å²) in [5.74, 6) is -1.39. The van der Waals surface area contributed by atoms with Crippen LogP contribution >= 0.6 is 23.2 Å². The van der Waals surface area contributed by atoms with Gasteiger partial charge in [-0.2, -0.15) is 13.2 Å². The molecule has 1 aromatic carbocycles. The molecule has 1 rings (SSSR count). The van der Waals surface area contributed by atoms with Crippen LogP contribution in [0.1, 0.15) is 11.1 Å². The number of hydrogen-bond acceptors (Lipinski definition) is 0. The van der Waals surface area contributed by atoms with Gasteiger partial charge in [0.25, 0.3) is 0 Å². The van der Waals surface area contributed by atoms with Gasteiger partial charge in [0.15, 0.2) is 0 Å². The van der Waals surface area contributed by atoms with Gasteiger partial charge in [-0.15, -0.1) is 11.6 Å². The van der Waals surface area contributed by atoms with Gasteiger partial charge in [0.1, 0.15) is 5.82 Å². The fourth-order valence-electron chi connectivity index (χ4n) is 0.989. The third-order valence-corrected chi connectivity index (χ3v) is 2.31. The van der Waals surface area contributed by atoms with Crippen molar-refractivity contribution < 1.29 is 17.6 Å². The molecule has 0 amide bonds. The van der Waals surface area contributed by atoms with Crippen molar-refractivity contribution in [2.45, 2.75) is 12.1 Å². The van der Waals surface area contributed by atoms with E-state index in [-0.39, 0.29) is 0 Å². The Labute approximate surface area is 87.4 Å². The first-order valence-corrected chi connectivity index (χ1v) is 4.39. The van der Waals surface area contributed by atoms with Gasteiger partial charge in [0, 0.05) is 11.4 Å². The van der Waals surface area contributed by atoms with Crippen LogP contribution in [0.15, 0.2) is 12.1 Å². The molecule has 0 saturated heterocycles. The lowest BCUT2D eigenvalue weighted by molar-refractivity contribution is -0.138. The third-order valence-electron chi connectivity index (χ3n) is 1.64. The molecule has 0 saturated carbocycles. The van der Waals surface area contributed by atoms with E-state index in [4.69, 9.17) is 23.2 Å². The van der Waals surface area contributed by atoms with Crippen molar-refractivity contribution in [2.75, 3.05) is 0 Å². The largest absolute Gasteiger partial charge is 0.416 e. The first-order valence-electron chi connectivity index (χ1n) is 3.48. The monoisotopic (exact) mass is 246 g/mol. The molecule has 6 heteroatoms. The Morgan fingerprint density at radius 3 is 2.21 bits per heavy atom. The molecule has 0 unspecified atom stereocenters. The summed E-state index contributed by atoms with van der Waals surface area (Å²) < 4.78 is 49.7. The predicted octanol–water partition coefficient (Wildman–Crippen LogP) is 4.24. The van der Waals surface area contributed by atoms with Crippen LogP contribution < -0.4 is 0 Å². The van der Waals surface area contributed by atoms with E-state index in [1.54, 1.807) is 0 Å². The molecule has 0 heterocycles. The van der Waals surface area contributed by atoms with Gasteiger partial charge >= 0.3 is 6.18 Å². The summed E-state index contributed by atoms with van der Waals surface area (Å²) in [4.78, 5) is 0. The van der Waals surface area contributed by atoms with Crippen LogP contribution in [-0.4, -0.2) is 0 Å². The van der Waals surface area contributed by atoms with E-state index in [1.165, 1.54) is 0 Å². The Bertz CT molecular complexity index is 346. The van der Waals surface area contributed by atoms with Crippen molar-refractivity contribution in [3.05, 3.63) is 34.1 Å². The quantitative estimate of drug-likeness (QED) is 0.514. The summed E-state index contributed by atoms with van der Waals surface area (Å²) in [7, 11) is 0. The molecule has 0 aliphatic carbocycles. The molecule has 14 heavy (non-hydrogen) atoms. The standard InChI is InChI=1S/C8H4Cl2F4/c9-3-4-5(8(12,13)14)1-2-6(11)7(4)10/h1-2H,3H2. The van der Waals surface area contributed by atoms with Gasteiger partial charge < -0.3 is 0 Å². The van der Waals surface area contributed by atoms with Gasteiger partial charge in [-0.05, 0) is 12.1 Å². The van der Waals surface area contributed by atoms with Gasteiger partial charge in [-0.25, -0.2) is 4.39 Å². The highest BCUT2D eigenvalue weighted by molar-refractivity contribution is 6.32. The molecule has 0 radical (unpaired) electrons. The maximum atomic E-state index is 12.8. The summed E-state index contributed by atoms with van der Waals surface area (Å²) in [6, 6.07) is 1.29. The van der Waals surface area contributed by atoms with Crippen LogP contribution in [0, 0.1) is 5.82 Å². The Morgan fingerprint density at radius 2 is 1.79 bits per heavy atom. The molecular formula is C8H4Cl2F4. The minimum atomic E-state index is -4.57. The number of benzene rings is 1.